The fraction of sp³-hybridized carbons (Fsp3) is 0.588. The Balaban J connectivity index is 1.37. The van der Waals surface area contributed by atoms with Crippen LogP contribution in [0.25, 0.3) is 0 Å². The van der Waals surface area contributed by atoms with Crippen molar-refractivity contribution in [2.75, 3.05) is 20.2 Å². The molecule has 2 fully saturated rings. The van der Waals surface area contributed by atoms with Gasteiger partial charge < -0.3 is 20.1 Å². The number of benzene rings is 1. The van der Waals surface area contributed by atoms with E-state index in [1.807, 2.05) is 12.1 Å². The third-order valence-corrected chi connectivity index (χ3v) is 4.34. The van der Waals surface area contributed by atoms with Crippen molar-refractivity contribution < 1.29 is 9.47 Å². The van der Waals surface area contributed by atoms with Gasteiger partial charge in [0.05, 0.1) is 24.8 Å². The van der Waals surface area contributed by atoms with Gasteiger partial charge in [-0.3, -0.25) is 4.99 Å². The Morgan fingerprint density at radius 1 is 1.32 bits per heavy atom. The van der Waals surface area contributed by atoms with Gasteiger partial charge in [0, 0.05) is 7.05 Å². The minimum atomic E-state index is 0.354. The molecule has 2 saturated heterocycles. The van der Waals surface area contributed by atoms with Gasteiger partial charge in [-0.05, 0) is 38.3 Å². The molecule has 2 aliphatic heterocycles. The lowest BCUT2D eigenvalue weighted by Crippen LogP contribution is -2.48. The number of hydrogen-bond donors (Lipinski definition) is 2. The summed E-state index contributed by atoms with van der Waals surface area (Å²) in [6.45, 7) is 3.40. The van der Waals surface area contributed by atoms with Crippen LogP contribution in [0.4, 0.5) is 0 Å². The fourth-order valence-electron chi connectivity index (χ4n) is 3.13. The summed E-state index contributed by atoms with van der Waals surface area (Å²) in [5, 5.41) is 6.76. The first-order chi connectivity index (χ1) is 10.7. The van der Waals surface area contributed by atoms with Crippen molar-refractivity contribution in [2.45, 2.75) is 44.4 Å². The molecule has 1 aromatic carbocycles. The summed E-state index contributed by atoms with van der Waals surface area (Å²) >= 11 is 0. The zero-order valence-corrected chi connectivity index (χ0v) is 13.3. The maximum atomic E-state index is 5.85. The molecule has 5 heteroatoms. The van der Waals surface area contributed by atoms with Gasteiger partial charge in [0.25, 0.3) is 0 Å². The lowest BCUT2D eigenvalue weighted by atomic mass is 9.96. The molecule has 0 aliphatic carbocycles. The zero-order valence-electron chi connectivity index (χ0n) is 13.3. The number of fused-ring (bicyclic) bond motifs is 2. The van der Waals surface area contributed by atoms with Crippen molar-refractivity contribution in [3.8, 4) is 5.75 Å². The third kappa shape index (κ3) is 3.71. The number of ether oxygens (including phenoxy) is 2. The van der Waals surface area contributed by atoms with Crippen molar-refractivity contribution >= 4 is 5.96 Å². The van der Waals surface area contributed by atoms with E-state index in [0.717, 1.165) is 31.1 Å². The van der Waals surface area contributed by atoms with E-state index in [4.69, 9.17) is 9.47 Å². The number of rotatable bonds is 5. The van der Waals surface area contributed by atoms with E-state index in [9.17, 15) is 0 Å². The average molecular weight is 303 g/mol. The summed E-state index contributed by atoms with van der Waals surface area (Å²) in [5.74, 6) is 1.73. The molecule has 120 valence electrons. The van der Waals surface area contributed by atoms with E-state index >= 15 is 0 Å². The van der Waals surface area contributed by atoms with Crippen LogP contribution in [0.3, 0.4) is 0 Å². The first kappa shape index (κ1) is 15.2. The Bertz CT molecular complexity index is 515. The van der Waals surface area contributed by atoms with Crippen LogP contribution in [0.15, 0.2) is 29.3 Å². The highest BCUT2D eigenvalue weighted by Crippen LogP contribution is 2.34. The Morgan fingerprint density at radius 3 is 2.77 bits per heavy atom. The second kappa shape index (κ2) is 7.01. The topological polar surface area (TPSA) is 54.9 Å². The van der Waals surface area contributed by atoms with E-state index < -0.39 is 0 Å². The molecule has 2 heterocycles. The monoisotopic (exact) mass is 303 g/mol. The van der Waals surface area contributed by atoms with Crippen molar-refractivity contribution in [3.05, 3.63) is 29.8 Å². The van der Waals surface area contributed by atoms with Crippen LogP contribution in [-0.2, 0) is 4.74 Å². The minimum Gasteiger partial charge on any atom is -0.492 e. The Labute approximate surface area is 132 Å². The number of hydrogen-bond acceptors (Lipinski definition) is 3. The van der Waals surface area contributed by atoms with Gasteiger partial charge in [-0.25, -0.2) is 0 Å². The normalized spacial score (nSPS) is 27.0. The largest absolute Gasteiger partial charge is 0.492 e. The van der Waals surface area contributed by atoms with Gasteiger partial charge >= 0.3 is 0 Å². The summed E-state index contributed by atoms with van der Waals surface area (Å²) in [6, 6.07) is 8.49. The highest BCUT2D eigenvalue weighted by molar-refractivity contribution is 5.80. The lowest BCUT2D eigenvalue weighted by molar-refractivity contribution is 0.0992. The van der Waals surface area contributed by atoms with Gasteiger partial charge in [0.15, 0.2) is 5.96 Å². The molecule has 2 bridgehead atoms. The van der Waals surface area contributed by atoms with Crippen molar-refractivity contribution in [1.29, 1.82) is 0 Å². The molecule has 22 heavy (non-hydrogen) atoms. The zero-order chi connectivity index (χ0) is 15.4. The maximum Gasteiger partial charge on any atom is 0.191 e. The van der Waals surface area contributed by atoms with E-state index in [2.05, 4.69) is 34.7 Å². The van der Waals surface area contributed by atoms with Crippen molar-refractivity contribution in [2.24, 2.45) is 4.99 Å². The quantitative estimate of drug-likeness (QED) is 0.495. The molecule has 2 N–H and O–H groups in total. The maximum absolute atomic E-state index is 5.85. The number of nitrogens with one attached hydrogen (secondary N) is 2. The van der Waals surface area contributed by atoms with Gasteiger partial charge in [0.1, 0.15) is 12.4 Å². The van der Waals surface area contributed by atoms with Gasteiger partial charge in [-0.15, -0.1) is 0 Å². The molecule has 1 aromatic rings. The molecule has 2 aliphatic rings. The summed E-state index contributed by atoms with van der Waals surface area (Å²) in [4.78, 5) is 4.27. The first-order valence-electron chi connectivity index (χ1n) is 8.06. The van der Waals surface area contributed by atoms with E-state index in [0.29, 0.717) is 24.9 Å². The molecular weight excluding hydrogens is 278 g/mol. The molecule has 0 aromatic heterocycles. The van der Waals surface area contributed by atoms with Gasteiger partial charge in [-0.1, -0.05) is 17.7 Å². The van der Waals surface area contributed by atoms with Crippen LogP contribution in [0.2, 0.25) is 0 Å². The average Bonchev–Trinajstić information content (AvgIpc) is 3.14. The molecular formula is C17H25N3O2. The highest BCUT2D eigenvalue weighted by Gasteiger charge is 2.41. The van der Waals surface area contributed by atoms with Crippen LogP contribution >= 0.6 is 0 Å². The Morgan fingerprint density at radius 2 is 2.14 bits per heavy atom. The second-order valence-corrected chi connectivity index (χ2v) is 6.02. The minimum absolute atomic E-state index is 0.354. The number of guanidine groups is 1. The summed E-state index contributed by atoms with van der Waals surface area (Å²) in [6.07, 6.45) is 4.26. The smallest absolute Gasteiger partial charge is 0.191 e. The summed E-state index contributed by atoms with van der Waals surface area (Å²) in [7, 11) is 1.80. The number of nitrogens with zero attached hydrogens (tertiary/aromatic N) is 1. The molecule has 0 saturated carbocycles. The third-order valence-electron chi connectivity index (χ3n) is 4.34. The molecule has 0 radical (unpaired) electrons. The SMILES string of the molecule is CN=C(NCCOc1ccc(C)cc1)NC1CC2CCC1O2. The predicted molar refractivity (Wildman–Crippen MR) is 87.5 cm³/mol. The highest BCUT2D eigenvalue weighted by atomic mass is 16.5. The summed E-state index contributed by atoms with van der Waals surface area (Å²) < 4.78 is 11.6. The molecule has 5 nitrogen and oxygen atoms in total. The molecule has 3 atom stereocenters. The van der Waals surface area contributed by atoms with E-state index in [1.165, 1.54) is 12.0 Å². The molecule has 0 spiro atoms. The first-order valence-corrected chi connectivity index (χ1v) is 8.06. The van der Waals surface area contributed by atoms with E-state index in [1.54, 1.807) is 7.05 Å². The van der Waals surface area contributed by atoms with Crippen LogP contribution in [0.5, 0.6) is 5.75 Å². The van der Waals surface area contributed by atoms with Crippen LogP contribution < -0.4 is 15.4 Å². The molecule has 3 unspecified atom stereocenters. The van der Waals surface area contributed by atoms with E-state index in [-0.39, 0.29) is 0 Å². The number of aryl methyl sites for hydroxylation is 1. The number of aliphatic imine (C=N–C) groups is 1. The lowest BCUT2D eigenvalue weighted by Gasteiger charge is -2.22. The van der Waals surface area contributed by atoms with Crippen LogP contribution in [0.1, 0.15) is 24.8 Å². The standard InChI is InChI=1S/C17H25N3O2/c1-12-3-5-13(6-4-12)21-10-9-19-17(18-2)20-15-11-14-7-8-16(15)22-14/h3-6,14-16H,7-11H2,1-2H3,(H2,18,19,20). The van der Waals surface area contributed by atoms with Crippen molar-refractivity contribution in [3.63, 3.8) is 0 Å². The Kier molecular flexibility index (Phi) is 4.83. The Hall–Kier alpha value is -1.75. The van der Waals surface area contributed by atoms with Gasteiger partial charge in [0.2, 0.25) is 0 Å². The molecule has 0 amide bonds. The van der Waals surface area contributed by atoms with Crippen molar-refractivity contribution in [1.82, 2.24) is 10.6 Å². The molecule has 3 rings (SSSR count). The second-order valence-electron chi connectivity index (χ2n) is 6.02. The summed E-state index contributed by atoms with van der Waals surface area (Å²) in [5.41, 5.74) is 1.24. The van der Waals surface area contributed by atoms with Crippen LogP contribution in [-0.4, -0.2) is 44.4 Å². The fourth-order valence-corrected chi connectivity index (χ4v) is 3.13. The van der Waals surface area contributed by atoms with Gasteiger partial charge in [-0.2, -0.15) is 0 Å². The predicted octanol–water partition coefficient (Wildman–Crippen LogP) is 1.86. The van der Waals surface area contributed by atoms with Crippen LogP contribution in [0, 0.1) is 6.92 Å².